The van der Waals surface area contributed by atoms with E-state index in [2.05, 4.69) is 5.32 Å². The van der Waals surface area contributed by atoms with E-state index in [9.17, 15) is 0 Å². The van der Waals surface area contributed by atoms with E-state index < -0.39 is 0 Å². The van der Waals surface area contributed by atoms with E-state index >= 15 is 0 Å². The number of hydrogen-bond donors (Lipinski definition) is 1. The van der Waals surface area contributed by atoms with Crippen LogP contribution in [0, 0.1) is 0 Å². The minimum absolute atomic E-state index is 0.419. The van der Waals surface area contributed by atoms with Crippen molar-refractivity contribution in [2.24, 2.45) is 0 Å². The Balaban J connectivity index is 1.49. The summed E-state index contributed by atoms with van der Waals surface area (Å²) >= 11 is 5.80. The number of benzene rings is 1. The van der Waals surface area contributed by atoms with Gasteiger partial charge in [-0.3, -0.25) is 0 Å². The van der Waals surface area contributed by atoms with Crippen LogP contribution >= 0.6 is 11.6 Å². The molecule has 1 aromatic rings. The van der Waals surface area contributed by atoms with Gasteiger partial charge in [-0.15, -0.1) is 0 Å². The maximum Gasteiger partial charge on any atom is 0.119 e. The summed E-state index contributed by atoms with van der Waals surface area (Å²) in [6, 6.07) is 7.46. The van der Waals surface area contributed by atoms with Gasteiger partial charge in [0.25, 0.3) is 0 Å². The van der Waals surface area contributed by atoms with Crippen molar-refractivity contribution in [2.75, 3.05) is 26.3 Å². The van der Waals surface area contributed by atoms with Crippen LogP contribution in [-0.2, 0) is 4.74 Å². The number of halogens is 1. The van der Waals surface area contributed by atoms with Crippen LogP contribution in [0.25, 0.3) is 0 Å². The lowest BCUT2D eigenvalue weighted by Crippen LogP contribution is -2.27. The van der Waals surface area contributed by atoms with Gasteiger partial charge in [-0.05, 0) is 50.1 Å². The molecule has 2 rings (SSSR count). The highest BCUT2D eigenvalue weighted by Gasteiger charge is 2.13. The molecule has 0 radical (unpaired) electrons. The van der Waals surface area contributed by atoms with E-state index in [0.29, 0.717) is 6.10 Å². The first-order valence-corrected chi connectivity index (χ1v) is 6.93. The molecule has 1 aromatic carbocycles. The van der Waals surface area contributed by atoms with Crippen LogP contribution in [0.1, 0.15) is 19.3 Å². The number of hydrogen-bond acceptors (Lipinski definition) is 3. The van der Waals surface area contributed by atoms with E-state index in [0.717, 1.165) is 43.5 Å². The zero-order valence-electron chi connectivity index (χ0n) is 10.5. The lowest BCUT2D eigenvalue weighted by molar-refractivity contribution is 0.110. The summed E-state index contributed by atoms with van der Waals surface area (Å²) in [7, 11) is 0. The Kier molecular flexibility index (Phi) is 5.78. The molecule has 18 heavy (non-hydrogen) atoms. The predicted octanol–water partition coefficient (Wildman–Crippen LogP) is 2.88. The topological polar surface area (TPSA) is 30.5 Å². The second-order valence-corrected chi connectivity index (χ2v) is 4.93. The van der Waals surface area contributed by atoms with Gasteiger partial charge in [0.05, 0.1) is 12.7 Å². The van der Waals surface area contributed by atoms with Crippen molar-refractivity contribution in [3.63, 3.8) is 0 Å². The van der Waals surface area contributed by atoms with Crippen LogP contribution in [0.3, 0.4) is 0 Å². The van der Waals surface area contributed by atoms with Crippen molar-refractivity contribution in [1.82, 2.24) is 5.32 Å². The number of rotatable bonds is 7. The second-order valence-electron chi connectivity index (χ2n) is 4.50. The second kappa shape index (κ2) is 7.62. The van der Waals surface area contributed by atoms with Crippen molar-refractivity contribution in [3.05, 3.63) is 29.3 Å². The lowest BCUT2D eigenvalue weighted by Gasteiger charge is -2.11. The fourth-order valence-electron chi connectivity index (χ4n) is 1.99. The Labute approximate surface area is 113 Å². The third kappa shape index (κ3) is 4.84. The largest absolute Gasteiger partial charge is 0.494 e. The van der Waals surface area contributed by atoms with Crippen LogP contribution in [0.5, 0.6) is 5.75 Å². The maximum absolute atomic E-state index is 5.80. The molecule has 1 heterocycles. The summed E-state index contributed by atoms with van der Waals surface area (Å²) in [5, 5.41) is 4.13. The molecule has 1 aliphatic heterocycles. The smallest absolute Gasteiger partial charge is 0.119 e. The molecule has 1 N–H and O–H groups in total. The first-order chi connectivity index (χ1) is 8.84. The molecule has 1 atom stereocenters. The molecule has 0 saturated carbocycles. The van der Waals surface area contributed by atoms with Crippen molar-refractivity contribution >= 4 is 11.6 Å². The highest BCUT2D eigenvalue weighted by atomic mass is 35.5. The van der Waals surface area contributed by atoms with Crippen molar-refractivity contribution in [1.29, 1.82) is 0 Å². The molecule has 3 nitrogen and oxygen atoms in total. The Morgan fingerprint density at radius 3 is 2.89 bits per heavy atom. The molecular weight excluding hydrogens is 250 g/mol. The Morgan fingerprint density at radius 1 is 1.33 bits per heavy atom. The zero-order chi connectivity index (χ0) is 12.6. The SMILES string of the molecule is Clc1ccc(OCCCNCC2CCCO2)cc1. The van der Waals surface area contributed by atoms with Gasteiger partial charge in [0.1, 0.15) is 5.75 Å². The summed E-state index contributed by atoms with van der Waals surface area (Å²) in [6.07, 6.45) is 3.80. The molecule has 1 fully saturated rings. The highest BCUT2D eigenvalue weighted by molar-refractivity contribution is 6.30. The van der Waals surface area contributed by atoms with Gasteiger partial charge in [-0.2, -0.15) is 0 Å². The normalized spacial score (nSPS) is 19.1. The molecule has 0 bridgehead atoms. The van der Waals surface area contributed by atoms with Crippen LogP contribution < -0.4 is 10.1 Å². The summed E-state index contributed by atoms with van der Waals surface area (Å²) in [5.41, 5.74) is 0. The molecule has 0 aliphatic carbocycles. The molecule has 1 aliphatic rings. The maximum atomic E-state index is 5.80. The van der Waals surface area contributed by atoms with Gasteiger partial charge in [0, 0.05) is 18.2 Å². The predicted molar refractivity (Wildman–Crippen MR) is 73.4 cm³/mol. The lowest BCUT2D eigenvalue weighted by atomic mass is 10.2. The van der Waals surface area contributed by atoms with E-state index in [-0.39, 0.29) is 0 Å². The summed E-state index contributed by atoms with van der Waals surface area (Å²) in [5.74, 6) is 0.874. The van der Waals surface area contributed by atoms with Crippen molar-refractivity contribution in [3.8, 4) is 5.75 Å². The van der Waals surface area contributed by atoms with Crippen LogP contribution in [0.4, 0.5) is 0 Å². The monoisotopic (exact) mass is 269 g/mol. The molecule has 0 aromatic heterocycles. The third-order valence-electron chi connectivity index (χ3n) is 2.98. The molecule has 4 heteroatoms. The highest BCUT2D eigenvalue weighted by Crippen LogP contribution is 2.15. The Hall–Kier alpha value is -0.770. The van der Waals surface area contributed by atoms with Gasteiger partial charge >= 0.3 is 0 Å². The third-order valence-corrected chi connectivity index (χ3v) is 3.23. The first-order valence-electron chi connectivity index (χ1n) is 6.55. The standard InChI is InChI=1S/C14H20ClNO2/c15-12-4-6-13(7-5-12)17-10-2-8-16-11-14-3-1-9-18-14/h4-7,14,16H,1-3,8-11H2. The van der Waals surface area contributed by atoms with Gasteiger partial charge in [0.2, 0.25) is 0 Å². The van der Waals surface area contributed by atoms with Gasteiger partial charge in [-0.1, -0.05) is 11.6 Å². The van der Waals surface area contributed by atoms with Crippen molar-refractivity contribution in [2.45, 2.75) is 25.4 Å². The van der Waals surface area contributed by atoms with Crippen LogP contribution in [-0.4, -0.2) is 32.4 Å². The summed E-state index contributed by atoms with van der Waals surface area (Å²) < 4.78 is 11.1. The van der Waals surface area contributed by atoms with E-state index in [1.54, 1.807) is 0 Å². The van der Waals surface area contributed by atoms with Crippen molar-refractivity contribution < 1.29 is 9.47 Å². The minimum Gasteiger partial charge on any atom is -0.494 e. The van der Waals surface area contributed by atoms with Crippen LogP contribution in [0.2, 0.25) is 5.02 Å². The molecular formula is C14H20ClNO2. The average Bonchev–Trinajstić information content (AvgIpc) is 2.89. The molecule has 1 saturated heterocycles. The van der Waals surface area contributed by atoms with Gasteiger partial charge in [0.15, 0.2) is 0 Å². The Bertz CT molecular complexity index is 336. The molecule has 1 unspecified atom stereocenters. The average molecular weight is 270 g/mol. The van der Waals surface area contributed by atoms with E-state index in [1.165, 1.54) is 12.8 Å². The number of nitrogens with one attached hydrogen (secondary N) is 1. The van der Waals surface area contributed by atoms with Crippen LogP contribution in [0.15, 0.2) is 24.3 Å². The fourth-order valence-corrected chi connectivity index (χ4v) is 2.11. The zero-order valence-corrected chi connectivity index (χ0v) is 11.3. The molecule has 0 amide bonds. The molecule has 100 valence electrons. The summed E-state index contributed by atoms with van der Waals surface area (Å²) in [6.45, 7) is 3.57. The summed E-state index contributed by atoms with van der Waals surface area (Å²) in [4.78, 5) is 0. The van der Waals surface area contributed by atoms with E-state index in [1.807, 2.05) is 24.3 Å². The molecule has 0 spiro atoms. The number of ether oxygens (including phenoxy) is 2. The fraction of sp³-hybridized carbons (Fsp3) is 0.571. The van der Waals surface area contributed by atoms with Gasteiger partial charge in [-0.25, -0.2) is 0 Å². The first kappa shape index (κ1) is 13.7. The Morgan fingerprint density at radius 2 is 2.17 bits per heavy atom. The quantitative estimate of drug-likeness (QED) is 0.772. The van der Waals surface area contributed by atoms with E-state index in [4.69, 9.17) is 21.1 Å². The van der Waals surface area contributed by atoms with Gasteiger partial charge < -0.3 is 14.8 Å². The minimum atomic E-state index is 0.419.